The molecule has 0 aromatic heterocycles. The van der Waals surface area contributed by atoms with Crippen LogP contribution in [0.25, 0.3) is 28.3 Å². The van der Waals surface area contributed by atoms with E-state index in [0.717, 1.165) is 12.8 Å². The van der Waals surface area contributed by atoms with Gasteiger partial charge in [0.05, 0.1) is 0 Å². The Bertz CT molecular complexity index is 930. The number of rotatable bonds is 4. The van der Waals surface area contributed by atoms with Crippen LogP contribution in [0.1, 0.15) is 37.0 Å². The fourth-order valence-corrected chi connectivity index (χ4v) is 3.77. The molecule has 0 nitrogen and oxygen atoms in total. The first-order chi connectivity index (χ1) is 12.3. The number of allylic oxidation sites excluding steroid dienone is 1. The molecule has 0 N–H and O–H groups in total. The molecule has 0 heteroatoms. The summed E-state index contributed by atoms with van der Waals surface area (Å²) in [4.78, 5) is 0. The average Bonchev–Trinajstić information content (AvgIpc) is 3.11. The second kappa shape index (κ2) is 6.72. The van der Waals surface area contributed by atoms with Gasteiger partial charge in [0.25, 0.3) is 0 Å². The van der Waals surface area contributed by atoms with Crippen LogP contribution in [0.4, 0.5) is 0 Å². The van der Waals surface area contributed by atoms with Crippen molar-refractivity contribution in [3.63, 3.8) is 0 Å². The summed E-state index contributed by atoms with van der Waals surface area (Å²) in [5.74, 6) is 0. The van der Waals surface area contributed by atoms with Crippen LogP contribution in [0.3, 0.4) is 0 Å². The van der Waals surface area contributed by atoms with Crippen LogP contribution in [-0.4, -0.2) is 0 Å². The Hall–Kier alpha value is -2.60. The molecular weight excluding hydrogens is 300 g/mol. The predicted molar refractivity (Wildman–Crippen MR) is 108 cm³/mol. The van der Waals surface area contributed by atoms with Gasteiger partial charge in [-0.25, -0.2) is 0 Å². The number of fused-ring (bicyclic) bond motifs is 1. The molecule has 0 fully saturated rings. The topological polar surface area (TPSA) is 0 Å². The lowest BCUT2D eigenvalue weighted by Gasteiger charge is -2.17. The Morgan fingerprint density at radius 2 is 1.44 bits per heavy atom. The molecule has 1 aliphatic carbocycles. The summed E-state index contributed by atoms with van der Waals surface area (Å²) in [5, 5.41) is 0. The van der Waals surface area contributed by atoms with Gasteiger partial charge in [0.2, 0.25) is 0 Å². The Kier molecular flexibility index (Phi) is 4.28. The van der Waals surface area contributed by atoms with E-state index in [9.17, 15) is 0 Å². The van der Waals surface area contributed by atoms with Gasteiger partial charge in [-0.2, -0.15) is 0 Å². The Balaban J connectivity index is 2.03. The van der Waals surface area contributed by atoms with Crippen molar-refractivity contribution in [1.29, 1.82) is 0 Å². The summed E-state index contributed by atoms with van der Waals surface area (Å²) in [7, 11) is 0. The van der Waals surface area contributed by atoms with Crippen LogP contribution >= 0.6 is 0 Å². The van der Waals surface area contributed by atoms with Gasteiger partial charge >= 0.3 is 0 Å². The highest BCUT2D eigenvalue weighted by molar-refractivity contribution is 5.94. The molecule has 25 heavy (non-hydrogen) atoms. The highest BCUT2D eigenvalue weighted by Crippen LogP contribution is 2.43. The second-order valence-corrected chi connectivity index (χ2v) is 6.58. The second-order valence-electron chi connectivity index (χ2n) is 6.58. The molecule has 0 bridgehead atoms. The lowest BCUT2D eigenvalue weighted by molar-refractivity contribution is 1.14. The average molecular weight is 323 g/mol. The van der Waals surface area contributed by atoms with E-state index in [2.05, 4.69) is 93.1 Å². The quantitative estimate of drug-likeness (QED) is 0.487. The van der Waals surface area contributed by atoms with E-state index in [1.165, 1.54) is 44.5 Å². The normalized spacial score (nSPS) is 12.8. The van der Waals surface area contributed by atoms with Gasteiger partial charge in [0.1, 0.15) is 0 Å². The zero-order valence-electron chi connectivity index (χ0n) is 14.9. The molecule has 0 spiro atoms. The summed E-state index contributed by atoms with van der Waals surface area (Å²) >= 11 is 0. The van der Waals surface area contributed by atoms with E-state index >= 15 is 0 Å². The van der Waals surface area contributed by atoms with Crippen molar-refractivity contribution in [3.8, 4) is 22.3 Å². The fraction of sp³-hybridized carbons (Fsp3) is 0.160. The zero-order chi connectivity index (χ0) is 17.2. The number of hydrogen-bond donors (Lipinski definition) is 0. The molecule has 0 heterocycles. The molecule has 0 saturated carbocycles. The van der Waals surface area contributed by atoms with E-state index in [1.807, 2.05) is 0 Å². The van der Waals surface area contributed by atoms with Gasteiger partial charge in [-0.3, -0.25) is 0 Å². The number of hydrogen-bond acceptors (Lipinski definition) is 0. The molecule has 123 valence electrons. The smallest absolute Gasteiger partial charge is 0.0164 e. The van der Waals surface area contributed by atoms with Crippen molar-refractivity contribution in [2.24, 2.45) is 0 Å². The van der Waals surface area contributed by atoms with Crippen molar-refractivity contribution >= 4 is 6.08 Å². The molecule has 0 amide bonds. The predicted octanol–water partition coefficient (Wildman–Crippen LogP) is 6.94. The van der Waals surface area contributed by atoms with Crippen molar-refractivity contribution in [2.75, 3.05) is 0 Å². The lowest BCUT2D eigenvalue weighted by atomic mass is 9.86. The van der Waals surface area contributed by atoms with Crippen LogP contribution < -0.4 is 0 Å². The van der Waals surface area contributed by atoms with Gasteiger partial charge < -0.3 is 0 Å². The van der Waals surface area contributed by atoms with Gasteiger partial charge in [-0.15, -0.1) is 0 Å². The first kappa shape index (κ1) is 15.9. The van der Waals surface area contributed by atoms with Crippen LogP contribution in [0.15, 0.2) is 72.3 Å². The summed E-state index contributed by atoms with van der Waals surface area (Å²) in [6.45, 7) is 4.47. The van der Waals surface area contributed by atoms with E-state index < -0.39 is 0 Å². The number of benzene rings is 3. The maximum absolute atomic E-state index is 2.38. The molecule has 1 radical (unpaired) electrons. The molecule has 0 atom stereocenters. The van der Waals surface area contributed by atoms with Gasteiger partial charge in [0.15, 0.2) is 0 Å². The monoisotopic (exact) mass is 323 g/mol. The third kappa shape index (κ3) is 2.82. The lowest BCUT2D eigenvalue weighted by Crippen LogP contribution is -1.95. The summed E-state index contributed by atoms with van der Waals surface area (Å²) in [6.07, 6.45) is 6.83. The van der Waals surface area contributed by atoms with Crippen molar-refractivity contribution in [2.45, 2.75) is 26.7 Å². The minimum atomic E-state index is 1.04. The minimum Gasteiger partial charge on any atom is -0.0622 e. The summed E-state index contributed by atoms with van der Waals surface area (Å²) in [6, 6.07) is 24.2. The molecule has 3 aromatic rings. The van der Waals surface area contributed by atoms with Crippen LogP contribution in [-0.2, 0) is 6.42 Å². The third-order valence-corrected chi connectivity index (χ3v) is 5.11. The Labute approximate surface area is 150 Å². The van der Waals surface area contributed by atoms with Crippen molar-refractivity contribution in [3.05, 3.63) is 95.4 Å². The van der Waals surface area contributed by atoms with E-state index in [1.54, 1.807) is 0 Å². The summed E-state index contributed by atoms with van der Waals surface area (Å²) in [5.41, 5.74) is 10.9. The highest BCUT2D eigenvalue weighted by Gasteiger charge is 2.21. The van der Waals surface area contributed by atoms with E-state index in [0.29, 0.717) is 0 Å². The Morgan fingerprint density at radius 1 is 0.680 bits per heavy atom. The molecule has 3 aromatic carbocycles. The van der Waals surface area contributed by atoms with Crippen LogP contribution in [0, 0.1) is 6.42 Å². The van der Waals surface area contributed by atoms with E-state index in [-0.39, 0.29) is 0 Å². The molecule has 4 rings (SSSR count). The van der Waals surface area contributed by atoms with Gasteiger partial charge in [-0.05, 0) is 51.8 Å². The van der Waals surface area contributed by atoms with Crippen LogP contribution in [0.2, 0.25) is 0 Å². The Morgan fingerprint density at radius 3 is 2.20 bits per heavy atom. The molecule has 0 unspecified atom stereocenters. The largest absolute Gasteiger partial charge is 0.0622 e. The maximum atomic E-state index is 2.38. The fourth-order valence-electron chi connectivity index (χ4n) is 3.77. The highest BCUT2D eigenvalue weighted by atomic mass is 14.2. The zero-order valence-corrected chi connectivity index (χ0v) is 14.9. The number of aryl methyl sites for hydroxylation is 1. The van der Waals surface area contributed by atoms with Crippen molar-refractivity contribution < 1.29 is 0 Å². The first-order valence-corrected chi connectivity index (χ1v) is 9.17. The first-order valence-electron chi connectivity index (χ1n) is 9.17. The van der Waals surface area contributed by atoms with E-state index in [4.69, 9.17) is 0 Å². The van der Waals surface area contributed by atoms with Crippen LogP contribution in [0.5, 0.6) is 0 Å². The standard InChI is InChI=1S/C25H23/c1-3-18-16-21-14-15-23(20-11-6-5-7-12-20)25(24(21)17-18)22-13-9-8-10-19(22)4-2/h5-17H,3-4H2,1-2H3. The molecule has 0 saturated heterocycles. The van der Waals surface area contributed by atoms with Crippen molar-refractivity contribution in [1.82, 2.24) is 0 Å². The third-order valence-electron chi connectivity index (χ3n) is 5.11. The van der Waals surface area contributed by atoms with Gasteiger partial charge in [-0.1, -0.05) is 92.2 Å². The van der Waals surface area contributed by atoms with Gasteiger partial charge in [0, 0.05) is 6.42 Å². The molecular formula is C25H23. The summed E-state index contributed by atoms with van der Waals surface area (Å²) < 4.78 is 0. The SMILES string of the molecule is CCC1=Cc2c(ccc(-c3ccccc3)c2-c2ccccc2CC)[CH]1. The maximum Gasteiger partial charge on any atom is 0.0164 e. The molecule has 0 aliphatic heterocycles. The molecule has 1 aliphatic rings. The minimum absolute atomic E-state index is 1.04.